The molecule has 0 aromatic carbocycles. The minimum atomic E-state index is -1.12. The third-order valence-electron chi connectivity index (χ3n) is 5.67. The van der Waals surface area contributed by atoms with Gasteiger partial charge in [0.1, 0.15) is 0 Å². The van der Waals surface area contributed by atoms with Crippen molar-refractivity contribution < 1.29 is 24.5 Å². The van der Waals surface area contributed by atoms with Crippen LogP contribution in [0.3, 0.4) is 0 Å². The quantitative estimate of drug-likeness (QED) is 0.261. The summed E-state index contributed by atoms with van der Waals surface area (Å²) in [5.41, 5.74) is 1.21. The second-order valence-electron chi connectivity index (χ2n) is 8.03. The molecule has 5 nitrogen and oxygen atoms in total. The average molecular weight is 411 g/mol. The number of aliphatic carboxylic acids is 2. The predicted molar refractivity (Wildman–Crippen MR) is 118 cm³/mol. The molecule has 0 fully saturated rings. The topological polar surface area (TPSA) is 83.8 Å². The van der Waals surface area contributed by atoms with Gasteiger partial charge >= 0.3 is 11.9 Å². The molecule has 29 heavy (non-hydrogen) atoms. The molecule has 0 saturated carbocycles. The Morgan fingerprint density at radius 1 is 0.828 bits per heavy atom. The van der Waals surface area contributed by atoms with E-state index in [0.29, 0.717) is 17.4 Å². The van der Waals surface area contributed by atoms with E-state index in [1.807, 2.05) is 0 Å². The second-order valence-corrected chi connectivity index (χ2v) is 8.03. The smallest absolute Gasteiger partial charge is 0.333 e. The average Bonchev–Trinajstić information content (AvgIpc) is 2.69. The first-order valence-corrected chi connectivity index (χ1v) is 11.2. The van der Waals surface area contributed by atoms with Crippen LogP contribution in [0.2, 0.25) is 0 Å². The number of hydrogen-bond acceptors (Lipinski definition) is 3. The number of rotatable bonds is 18. The van der Waals surface area contributed by atoms with Crippen molar-refractivity contribution in [3.05, 3.63) is 23.3 Å². The molecule has 0 aliphatic rings. The van der Waals surface area contributed by atoms with Crippen molar-refractivity contribution >= 4 is 11.9 Å². The number of carboxylic acid groups (broad SMARTS) is 2. The molecule has 0 amide bonds. The third-order valence-corrected chi connectivity index (χ3v) is 5.67. The summed E-state index contributed by atoms with van der Waals surface area (Å²) in [6.45, 7) is 11.9. The molecule has 0 saturated heterocycles. The zero-order valence-electron chi connectivity index (χ0n) is 19.0. The zero-order valence-corrected chi connectivity index (χ0v) is 19.0. The van der Waals surface area contributed by atoms with E-state index in [4.69, 9.17) is 9.84 Å². The van der Waals surface area contributed by atoms with Crippen molar-refractivity contribution in [1.29, 1.82) is 0 Å². The maximum absolute atomic E-state index is 12.0. The number of unbranched alkanes of at least 4 members (excludes halogenated alkanes) is 2. The van der Waals surface area contributed by atoms with Gasteiger partial charge < -0.3 is 14.9 Å². The summed E-state index contributed by atoms with van der Waals surface area (Å²) in [5.74, 6) is -1.15. The number of hydrogen-bond donors (Lipinski definition) is 2. The Labute approximate surface area is 177 Å². The fourth-order valence-electron chi connectivity index (χ4n) is 3.57. The van der Waals surface area contributed by atoms with Gasteiger partial charge in [-0.1, -0.05) is 91.2 Å². The van der Waals surface area contributed by atoms with Gasteiger partial charge in [0.05, 0.1) is 24.4 Å². The molecule has 5 heteroatoms. The van der Waals surface area contributed by atoms with Crippen LogP contribution in [-0.4, -0.2) is 35.4 Å². The monoisotopic (exact) mass is 410 g/mol. The molecule has 0 aliphatic heterocycles. The predicted octanol–water partition coefficient (Wildman–Crippen LogP) is 6.24. The highest BCUT2D eigenvalue weighted by Crippen LogP contribution is 2.31. The van der Waals surface area contributed by atoms with Crippen LogP contribution >= 0.6 is 0 Å². The Bertz CT molecular complexity index is 515. The first kappa shape index (κ1) is 27.4. The lowest BCUT2D eigenvalue weighted by Crippen LogP contribution is -2.17. The van der Waals surface area contributed by atoms with Crippen molar-refractivity contribution in [2.45, 2.75) is 91.9 Å². The van der Waals surface area contributed by atoms with E-state index in [-0.39, 0.29) is 18.8 Å². The largest absolute Gasteiger partial charge is 0.478 e. The highest BCUT2D eigenvalue weighted by Gasteiger charge is 2.21. The second kappa shape index (κ2) is 16.2. The molecule has 168 valence electrons. The number of ether oxygens (including phenoxy) is 1. The molecule has 0 bridgehead atoms. The summed E-state index contributed by atoms with van der Waals surface area (Å²) in [5, 5.41) is 18.8. The maximum atomic E-state index is 12.0. The molecule has 0 aromatic heterocycles. The number of carbonyl (C=O) groups is 2. The number of allylic oxidation sites excluding steroid dienone is 1. The van der Waals surface area contributed by atoms with E-state index >= 15 is 0 Å². The Kier molecular flexibility index (Phi) is 15.3. The normalized spacial score (nSPS) is 13.0. The maximum Gasteiger partial charge on any atom is 0.333 e. The molecule has 0 aromatic rings. The van der Waals surface area contributed by atoms with Crippen molar-refractivity contribution in [2.24, 2.45) is 11.8 Å². The standard InChI is InChI=1S/C24H42O5/c1-6-10-12-19(8-3)14-21(15-20(9-4)13-11-7-2)22(24(27)28)17-29-16-18(5)23(25)26/h19-20H,5-17H2,1-4H3,(H,25,26)(H,27,28). The molecule has 0 rings (SSSR count). The highest BCUT2D eigenvalue weighted by molar-refractivity contribution is 5.88. The Balaban J connectivity index is 5.56. The lowest BCUT2D eigenvalue weighted by Gasteiger charge is -2.23. The molecule has 2 atom stereocenters. The summed E-state index contributed by atoms with van der Waals surface area (Å²) in [4.78, 5) is 22.9. The van der Waals surface area contributed by atoms with E-state index in [1.54, 1.807) is 0 Å². The third kappa shape index (κ3) is 11.8. The van der Waals surface area contributed by atoms with Crippen molar-refractivity contribution in [2.75, 3.05) is 13.2 Å². The number of carboxylic acids is 2. The summed E-state index contributed by atoms with van der Waals surface area (Å²) in [6, 6.07) is 0. The van der Waals surface area contributed by atoms with Crippen molar-refractivity contribution in [3.63, 3.8) is 0 Å². The SMILES string of the molecule is C=C(COCC(C(=O)O)=C(CC(CC)CCCC)CC(CC)CCCC)C(=O)O. The minimum absolute atomic E-state index is 0.0694. The summed E-state index contributed by atoms with van der Waals surface area (Å²) in [6.07, 6.45) is 10.4. The van der Waals surface area contributed by atoms with Crippen LogP contribution in [0.5, 0.6) is 0 Å². The molecule has 2 N–H and O–H groups in total. The molecule has 2 unspecified atom stereocenters. The fraction of sp³-hybridized carbons (Fsp3) is 0.750. The molecule has 0 aliphatic carbocycles. The lowest BCUT2D eigenvalue weighted by atomic mass is 9.83. The van der Waals surface area contributed by atoms with Crippen LogP contribution in [0.25, 0.3) is 0 Å². The van der Waals surface area contributed by atoms with Crippen LogP contribution in [0.4, 0.5) is 0 Å². The fourth-order valence-corrected chi connectivity index (χ4v) is 3.57. The van der Waals surface area contributed by atoms with E-state index in [0.717, 1.165) is 69.8 Å². The van der Waals surface area contributed by atoms with Gasteiger partial charge in [0.25, 0.3) is 0 Å². The van der Waals surface area contributed by atoms with Crippen LogP contribution in [0, 0.1) is 11.8 Å². The molecule has 0 radical (unpaired) electrons. The Hall–Kier alpha value is -1.62. The van der Waals surface area contributed by atoms with Gasteiger partial charge in [0.15, 0.2) is 0 Å². The first-order chi connectivity index (χ1) is 13.8. The van der Waals surface area contributed by atoms with Crippen LogP contribution < -0.4 is 0 Å². The van der Waals surface area contributed by atoms with E-state index in [1.165, 1.54) is 0 Å². The van der Waals surface area contributed by atoms with Gasteiger partial charge in [-0.3, -0.25) is 0 Å². The van der Waals surface area contributed by atoms with Crippen molar-refractivity contribution in [3.8, 4) is 0 Å². The first-order valence-electron chi connectivity index (χ1n) is 11.2. The van der Waals surface area contributed by atoms with Gasteiger partial charge in [0, 0.05) is 0 Å². The minimum Gasteiger partial charge on any atom is -0.478 e. The van der Waals surface area contributed by atoms with E-state index in [2.05, 4.69) is 34.3 Å². The van der Waals surface area contributed by atoms with Gasteiger partial charge in [-0.2, -0.15) is 0 Å². The van der Waals surface area contributed by atoms with Gasteiger partial charge in [0.2, 0.25) is 0 Å². The Morgan fingerprint density at radius 3 is 1.66 bits per heavy atom. The Morgan fingerprint density at radius 2 is 1.31 bits per heavy atom. The molecule has 0 spiro atoms. The molecular formula is C24H42O5. The lowest BCUT2D eigenvalue weighted by molar-refractivity contribution is -0.133. The summed E-state index contributed by atoms with van der Waals surface area (Å²) < 4.78 is 5.43. The molecular weight excluding hydrogens is 368 g/mol. The van der Waals surface area contributed by atoms with Gasteiger partial charge in [-0.25, -0.2) is 9.59 Å². The highest BCUT2D eigenvalue weighted by atomic mass is 16.5. The van der Waals surface area contributed by atoms with Gasteiger partial charge in [-0.05, 0) is 24.7 Å². The van der Waals surface area contributed by atoms with Crippen LogP contribution in [-0.2, 0) is 14.3 Å². The van der Waals surface area contributed by atoms with Crippen LogP contribution in [0.1, 0.15) is 91.9 Å². The molecule has 0 heterocycles. The summed E-state index contributed by atoms with van der Waals surface area (Å²) >= 11 is 0. The zero-order chi connectivity index (χ0) is 22.2. The van der Waals surface area contributed by atoms with Crippen LogP contribution in [0.15, 0.2) is 23.3 Å². The van der Waals surface area contributed by atoms with Gasteiger partial charge in [-0.15, -0.1) is 0 Å². The van der Waals surface area contributed by atoms with E-state index in [9.17, 15) is 14.7 Å². The van der Waals surface area contributed by atoms with Crippen molar-refractivity contribution in [1.82, 2.24) is 0 Å². The van der Waals surface area contributed by atoms with E-state index < -0.39 is 11.9 Å². The summed E-state index contributed by atoms with van der Waals surface area (Å²) in [7, 11) is 0.